The first-order valence-electron chi connectivity index (χ1n) is 4.55. The fourth-order valence-electron chi connectivity index (χ4n) is 1.36. The van der Waals surface area contributed by atoms with Gasteiger partial charge in [0, 0.05) is 5.56 Å². The molecular formula is C11H8ClNO3. The molecule has 1 aromatic heterocycles. The van der Waals surface area contributed by atoms with Gasteiger partial charge in [0.2, 0.25) is 5.22 Å². The molecule has 1 aromatic carbocycles. The number of carboxylic acid groups (broad SMARTS) is 1. The molecule has 0 fully saturated rings. The summed E-state index contributed by atoms with van der Waals surface area (Å²) in [6.45, 7) is 1.94. The first-order chi connectivity index (χ1) is 7.59. The van der Waals surface area contributed by atoms with E-state index in [2.05, 4.69) is 9.68 Å². The van der Waals surface area contributed by atoms with Gasteiger partial charge in [-0.25, -0.2) is 4.79 Å². The van der Waals surface area contributed by atoms with Gasteiger partial charge in [-0.1, -0.05) is 35.0 Å². The lowest BCUT2D eigenvalue weighted by Gasteiger charge is -1.98. The van der Waals surface area contributed by atoms with E-state index in [4.69, 9.17) is 16.7 Å². The van der Waals surface area contributed by atoms with E-state index in [9.17, 15) is 4.79 Å². The van der Waals surface area contributed by atoms with Crippen LogP contribution in [0.25, 0.3) is 11.3 Å². The lowest BCUT2D eigenvalue weighted by atomic mass is 10.1. The molecule has 0 radical (unpaired) electrons. The zero-order valence-corrected chi connectivity index (χ0v) is 9.15. The van der Waals surface area contributed by atoms with E-state index in [0.29, 0.717) is 5.56 Å². The van der Waals surface area contributed by atoms with Gasteiger partial charge in [-0.15, -0.1) is 0 Å². The molecule has 0 saturated heterocycles. The van der Waals surface area contributed by atoms with Crippen molar-refractivity contribution in [2.45, 2.75) is 6.92 Å². The monoisotopic (exact) mass is 237 g/mol. The number of halogens is 1. The molecule has 0 amide bonds. The van der Waals surface area contributed by atoms with Crippen LogP contribution < -0.4 is 0 Å². The number of benzene rings is 1. The van der Waals surface area contributed by atoms with Crippen LogP contribution in [-0.4, -0.2) is 16.2 Å². The second-order valence-electron chi connectivity index (χ2n) is 3.35. The number of aromatic nitrogens is 1. The van der Waals surface area contributed by atoms with Crippen LogP contribution >= 0.6 is 11.6 Å². The molecule has 82 valence electrons. The summed E-state index contributed by atoms with van der Waals surface area (Å²) in [5, 5.41) is 12.4. The Kier molecular flexibility index (Phi) is 2.66. The molecule has 0 bridgehead atoms. The number of carboxylic acids is 1. The van der Waals surface area contributed by atoms with Gasteiger partial charge < -0.3 is 9.63 Å². The molecule has 0 atom stereocenters. The Morgan fingerprint density at radius 1 is 1.38 bits per heavy atom. The molecule has 5 heteroatoms. The number of nitrogens with zero attached hydrogens (tertiary/aromatic N) is 1. The van der Waals surface area contributed by atoms with Crippen LogP contribution in [0.4, 0.5) is 0 Å². The van der Waals surface area contributed by atoms with Crippen molar-refractivity contribution >= 4 is 17.6 Å². The Labute approximate surface area is 96.4 Å². The summed E-state index contributed by atoms with van der Waals surface area (Å²) < 4.78 is 4.68. The van der Waals surface area contributed by atoms with Crippen molar-refractivity contribution < 1.29 is 14.4 Å². The number of aryl methyl sites for hydroxylation is 1. The maximum Gasteiger partial charge on any atom is 0.342 e. The smallest absolute Gasteiger partial charge is 0.342 e. The van der Waals surface area contributed by atoms with E-state index >= 15 is 0 Å². The zero-order valence-electron chi connectivity index (χ0n) is 8.40. The van der Waals surface area contributed by atoms with Crippen molar-refractivity contribution in [1.82, 2.24) is 5.16 Å². The summed E-state index contributed by atoms with van der Waals surface area (Å²) in [4.78, 5) is 11.0. The van der Waals surface area contributed by atoms with Gasteiger partial charge in [0.1, 0.15) is 11.3 Å². The molecule has 0 aliphatic heterocycles. The molecule has 2 aromatic rings. The van der Waals surface area contributed by atoms with E-state index in [1.54, 1.807) is 12.1 Å². The molecule has 0 saturated carbocycles. The van der Waals surface area contributed by atoms with Crippen LogP contribution in [0.5, 0.6) is 0 Å². The molecule has 16 heavy (non-hydrogen) atoms. The van der Waals surface area contributed by atoms with Crippen LogP contribution in [0.2, 0.25) is 5.22 Å². The predicted molar refractivity (Wildman–Crippen MR) is 58.6 cm³/mol. The summed E-state index contributed by atoms with van der Waals surface area (Å²) in [5.74, 6) is -1.15. The largest absolute Gasteiger partial charge is 0.477 e. The second kappa shape index (κ2) is 3.98. The minimum Gasteiger partial charge on any atom is -0.477 e. The van der Waals surface area contributed by atoms with Crippen LogP contribution in [0.3, 0.4) is 0 Å². The first kappa shape index (κ1) is 10.7. The SMILES string of the molecule is Cc1ccc(-c2noc(Cl)c2C(=O)O)cc1. The van der Waals surface area contributed by atoms with Gasteiger partial charge in [0.25, 0.3) is 0 Å². The third kappa shape index (κ3) is 1.79. The third-order valence-corrected chi connectivity index (χ3v) is 2.45. The predicted octanol–water partition coefficient (Wildman–Crippen LogP) is 3.00. The summed E-state index contributed by atoms with van der Waals surface area (Å²) in [5.41, 5.74) is 1.89. The average molecular weight is 238 g/mol. The molecule has 1 heterocycles. The molecule has 0 aliphatic carbocycles. The van der Waals surface area contributed by atoms with Gasteiger partial charge in [-0.2, -0.15) is 0 Å². The molecule has 2 rings (SSSR count). The zero-order chi connectivity index (χ0) is 11.7. The Morgan fingerprint density at radius 2 is 2.00 bits per heavy atom. The number of aromatic carboxylic acids is 1. The van der Waals surface area contributed by atoms with Crippen LogP contribution in [0, 0.1) is 6.92 Å². The lowest BCUT2D eigenvalue weighted by molar-refractivity contribution is 0.0697. The minimum atomic E-state index is -1.15. The minimum absolute atomic E-state index is 0.106. The fraction of sp³-hybridized carbons (Fsp3) is 0.0909. The Morgan fingerprint density at radius 3 is 2.56 bits per heavy atom. The van der Waals surface area contributed by atoms with Crippen LogP contribution in [0.15, 0.2) is 28.8 Å². The third-order valence-electron chi connectivity index (χ3n) is 2.19. The highest BCUT2D eigenvalue weighted by atomic mass is 35.5. The molecule has 0 unspecified atom stereocenters. The Hall–Kier alpha value is -1.81. The maximum absolute atomic E-state index is 11.0. The number of rotatable bonds is 2. The normalized spacial score (nSPS) is 10.4. The summed E-state index contributed by atoms with van der Waals surface area (Å²) in [6.07, 6.45) is 0. The topological polar surface area (TPSA) is 63.3 Å². The number of hydrogen-bond acceptors (Lipinski definition) is 3. The van der Waals surface area contributed by atoms with Crippen molar-refractivity contribution in [1.29, 1.82) is 0 Å². The van der Waals surface area contributed by atoms with Gasteiger partial charge >= 0.3 is 5.97 Å². The van der Waals surface area contributed by atoms with Crippen molar-refractivity contribution in [2.75, 3.05) is 0 Å². The second-order valence-corrected chi connectivity index (χ2v) is 3.69. The Bertz CT molecular complexity index is 531. The quantitative estimate of drug-likeness (QED) is 0.872. The molecule has 1 N–H and O–H groups in total. The van der Waals surface area contributed by atoms with Gasteiger partial charge in [-0.3, -0.25) is 0 Å². The first-order valence-corrected chi connectivity index (χ1v) is 4.93. The highest BCUT2D eigenvalue weighted by molar-refractivity contribution is 6.32. The van der Waals surface area contributed by atoms with E-state index in [-0.39, 0.29) is 16.5 Å². The van der Waals surface area contributed by atoms with Crippen molar-refractivity contribution in [3.8, 4) is 11.3 Å². The fourth-order valence-corrected chi connectivity index (χ4v) is 1.57. The van der Waals surface area contributed by atoms with Gasteiger partial charge in [-0.05, 0) is 18.5 Å². The van der Waals surface area contributed by atoms with E-state index in [1.807, 2.05) is 19.1 Å². The number of hydrogen-bond donors (Lipinski definition) is 1. The van der Waals surface area contributed by atoms with Crippen molar-refractivity contribution in [3.05, 3.63) is 40.6 Å². The molecule has 0 spiro atoms. The van der Waals surface area contributed by atoms with Gasteiger partial charge in [0.05, 0.1) is 0 Å². The Balaban J connectivity index is 2.56. The van der Waals surface area contributed by atoms with E-state index < -0.39 is 5.97 Å². The molecular weight excluding hydrogens is 230 g/mol. The summed E-state index contributed by atoms with van der Waals surface area (Å²) >= 11 is 5.61. The van der Waals surface area contributed by atoms with Gasteiger partial charge in [0.15, 0.2) is 0 Å². The molecule has 4 nitrogen and oxygen atoms in total. The summed E-state index contributed by atoms with van der Waals surface area (Å²) in [7, 11) is 0. The van der Waals surface area contributed by atoms with Crippen molar-refractivity contribution in [3.63, 3.8) is 0 Å². The maximum atomic E-state index is 11.0. The highest BCUT2D eigenvalue weighted by Gasteiger charge is 2.22. The van der Waals surface area contributed by atoms with E-state index in [0.717, 1.165) is 5.56 Å². The van der Waals surface area contributed by atoms with Crippen molar-refractivity contribution in [2.24, 2.45) is 0 Å². The standard InChI is InChI=1S/C11H8ClNO3/c1-6-2-4-7(5-3-6)9-8(11(14)15)10(12)16-13-9/h2-5H,1H3,(H,14,15). The van der Waals surface area contributed by atoms with Crippen LogP contribution in [-0.2, 0) is 0 Å². The average Bonchev–Trinajstić information content (AvgIpc) is 2.61. The highest BCUT2D eigenvalue weighted by Crippen LogP contribution is 2.28. The number of carbonyl (C=O) groups is 1. The summed E-state index contributed by atoms with van der Waals surface area (Å²) in [6, 6.07) is 7.28. The molecule has 0 aliphatic rings. The lowest BCUT2D eigenvalue weighted by Crippen LogP contribution is -1.97. The van der Waals surface area contributed by atoms with Crippen LogP contribution in [0.1, 0.15) is 15.9 Å². The van der Waals surface area contributed by atoms with E-state index in [1.165, 1.54) is 0 Å².